The van der Waals surface area contributed by atoms with Gasteiger partial charge in [-0.25, -0.2) is 4.98 Å². The topological polar surface area (TPSA) is 75.4 Å². The summed E-state index contributed by atoms with van der Waals surface area (Å²) in [6.07, 6.45) is 2.12. The lowest BCUT2D eigenvalue weighted by atomic mass is 10.2. The molecular formula is C10H16N2O3. The molecule has 5 nitrogen and oxygen atoms in total. The fourth-order valence-electron chi connectivity index (χ4n) is 1.16. The zero-order valence-electron chi connectivity index (χ0n) is 8.99. The van der Waals surface area contributed by atoms with Crippen LogP contribution >= 0.6 is 0 Å². The van der Waals surface area contributed by atoms with Crippen LogP contribution in [0, 0.1) is 6.92 Å². The van der Waals surface area contributed by atoms with Gasteiger partial charge in [-0.2, -0.15) is 0 Å². The Labute approximate surface area is 88.5 Å². The van der Waals surface area contributed by atoms with Crippen molar-refractivity contribution in [2.45, 2.75) is 32.8 Å². The van der Waals surface area contributed by atoms with E-state index in [9.17, 15) is 9.90 Å². The monoisotopic (exact) mass is 212 g/mol. The number of aryl methyl sites for hydroxylation is 1. The maximum atomic E-state index is 11.5. The summed E-state index contributed by atoms with van der Waals surface area (Å²) in [5, 5.41) is 11.9. The number of hydrogen-bond donors (Lipinski definition) is 2. The molecule has 0 fully saturated rings. The fraction of sp³-hybridized carbons (Fsp3) is 0.600. The Hall–Kier alpha value is -1.36. The van der Waals surface area contributed by atoms with Gasteiger partial charge in [0.05, 0.1) is 11.8 Å². The Kier molecular flexibility index (Phi) is 4.30. The standard InChI is InChI=1S/C10H16N2O3/c1-3-8(13)4-5-11-10(14)9-7(2)12-6-15-9/h6,8,13H,3-5H2,1-2H3,(H,11,14). The highest BCUT2D eigenvalue weighted by Gasteiger charge is 2.13. The van der Waals surface area contributed by atoms with E-state index in [1.807, 2.05) is 6.92 Å². The van der Waals surface area contributed by atoms with Crippen LogP contribution in [-0.4, -0.2) is 28.6 Å². The molecule has 1 heterocycles. The molecule has 0 aliphatic rings. The molecule has 1 amide bonds. The summed E-state index contributed by atoms with van der Waals surface area (Å²) in [6.45, 7) is 4.04. The summed E-state index contributed by atoms with van der Waals surface area (Å²) < 4.78 is 4.92. The van der Waals surface area contributed by atoms with Crippen LogP contribution in [0.2, 0.25) is 0 Å². The van der Waals surface area contributed by atoms with E-state index >= 15 is 0 Å². The lowest BCUT2D eigenvalue weighted by Gasteiger charge is -2.07. The van der Waals surface area contributed by atoms with Crippen LogP contribution in [-0.2, 0) is 0 Å². The van der Waals surface area contributed by atoms with Crippen molar-refractivity contribution in [3.63, 3.8) is 0 Å². The molecule has 0 radical (unpaired) electrons. The molecule has 1 rings (SSSR count). The minimum atomic E-state index is -0.360. The van der Waals surface area contributed by atoms with Crippen molar-refractivity contribution in [2.75, 3.05) is 6.54 Å². The van der Waals surface area contributed by atoms with Crippen molar-refractivity contribution in [2.24, 2.45) is 0 Å². The largest absolute Gasteiger partial charge is 0.438 e. The molecule has 0 aliphatic heterocycles. The number of aliphatic hydroxyl groups excluding tert-OH is 1. The van der Waals surface area contributed by atoms with E-state index in [1.54, 1.807) is 6.92 Å². The molecule has 1 atom stereocenters. The van der Waals surface area contributed by atoms with Gasteiger partial charge in [-0.1, -0.05) is 6.92 Å². The van der Waals surface area contributed by atoms with E-state index in [4.69, 9.17) is 4.42 Å². The SMILES string of the molecule is CCC(O)CCNC(=O)c1ocnc1C. The van der Waals surface area contributed by atoms with Crippen LogP contribution in [0.3, 0.4) is 0 Å². The van der Waals surface area contributed by atoms with Crippen molar-refractivity contribution in [1.29, 1.82) is 0 Å². The average Bonchev–Trinajstić information content (AvgIpc) is 2.64. The van der Waals surface area contributed by atoms with Gasteiger partial charge in [0.15, 0.2) is 6.39 Å². The number of aromatic nitrogens is 1. The van der Waals surface area contributed by atoms with Crippen LogP contribution < -0.4 is 5.32 Å². The Morgan fingerprint density at radius 1 is 1.73 bits per heavy atom. The third-order valence-corrected chi connectivity index (χ3v) is 2.19. The van der Waals surface area contributed by atoms with E-state index in [1.165, 1.54) is 6.39 Å². The van der Waals surface area contributed by atoms with Crippen molar-refractivity contribution in [3.8, 4) is 0 Å². The molecular weight excluding hydrogens is 196 g/mol. The molecule has 0 saturated heterocycles. The van der Waals surface area contributed by atoms with Crippen LogP contribution in [0.15, 0.2) is 10.8 Å². The number of nitrogens with one attached hydrogen (secondary N) is 1. The second-order valence-corrected chi connectivity index (χ2v) is 3.37. The van der Waals surface area contributed by atoms with Gasteiger partial charge < -0.3 is 14.8 Å². The Morgan fingerprint density at radius 2 is 2.47 bits per heavy atom. The van der Waals surface area contributed by atoms with Crippen molar-refractivity contribution in [1.82, 2.24) is 10.3 Å². The van der Waals surface area contributed by atoms with Gasteiger partial charge in [0.2, 0.25) is 5.76 Å². The summed E-state index contributed by atoms with van der Waals surface area (Å²) in [5.74, 6) is -0.0470. The predicted octanol–water partition coefficient (Wildman–Crippen LogP) is 0.874. The molecule has 1 aromatic heterocycles. The third-order valence-electron chi connectivity index (χ3n) is 2.19. The first-order chi connectivity index (χ1) is 7.15. The molecule has 0 aliphatic carbocycles. The van der Waals surface area contributed by atoms with E-state index in [-0.39, 0.29) is 17.8 Å². The number of aliphatic hydroxyl groups is 1. The molecule has 5 heteroatoms. The number of carbonyl (C=O) groups excluding carboxylic acids is 1. The molecule has 1 aromatic rings. The molecule has 0 spiro atoms. The number of carbonyl (C=O) groups is 1. The Balaban J connectivity index is 2.34. The smallest absolute Gasteiger partial charge is 0.288 e. The van der Waals surface area contributed by atoms with E-state index in [0.29, 0.717) is 25.1 Å². The van der Waals surface area contributed by atoms with Crippen molar-refractivity contribution in [3.05, 3.63) is 17.8 Å². The highest BCUT2D eigenvalue weighted by molar-refractivity contribution is 5.92. The second kappa shape index (κ2) is 5.50. The van der Waals surface area contributed by atoms with Gasteiger partial charge in [-0.3, -0.25) is 4.79 Å². The summed E-state index contributed by atoms with van der Waals surface area (Å²) in [7, 11) is 0. The third kappa shape index (κ3) is 3.36. The average molecular weight is 212 g/mol. The first kappa shape index (κ1) is 11.7. The van der Waals surface area contributed by atoms with E-state index < -0.39 is 0 Å². The zero-order valence-corrected chi connectivity index (χ0v) is 8.99. The Morgan fingerprint density at radius 3 is 3.00 bits per heavy atom. The molecule has 0 bridgehead atoms. The molecule has 2 N–H and O–H groups in total. The Bertz CT molecular complexity index is 322. The van der Waals surface area contributed by atoms with E-state index in [0.717, 1.165) is 0 Å². The van der Waals surface area contributed by atoms with Gasteiger partial charge in [0.25, 0.3) is 5.91 Å². The van der Waals surface area contributed by atoms with Crippen LogP contribution in [0.25, 0.3) is 0 Å². The number of hydrogen-bond acceptors (Lipinski definition) is 4. The maximum absolute atomic E-state index is 11.5. The maximum Gasteiger partial charge on any atom is 0.288 e. The molecule has 0 saturated carbocycles. The molecule has 15 heavy (non-hydrogen) atoms. The summed E-state index contributed by atoms with van der Waals surface area (Å²) >= 11 is 0. The quantitative estimate of drug-likeness (QED) is 0.759. The van der Waals surface area contributed by atoms with Gasteiger partial charge in [0.1, 0.15) is 0 Å². The zero-order chi connectivity index (χ0) is 11.3. The summed E-state index contributed by atoms with van der Waals surface area (Å²) in [4.78, 5) is 15.3. The lowest BCUT2D eigenvalue weighted by molar-refractivity contribution is 0.0913. The molecule has 1 unspecified atom stereocenters. The van der Waals surface area contributed by atoms with Gasteiger partial charge in [-0.05, 0) is 19.8 Å². The number of oxazole rings is 1. The highest BCUT2D eigenvalue weighted by Crippen LogP contribution is 2.04. The first-order valence-corrected chi connectivity index (χ1v) is 5.01. The fourth-order valence-corrected chi connectivity index (χ4v) is 1.16. The van der Waals surface area contributed by atoms with E-state index in [2.05, 4.69) is 10.3 Å². The van der Waals surface area contributed by atoms with Gasteiger partial charge in [-0.15, -0.1) is 0 Å². The van der Waals surface area contributed by atoms with Gasteiger partial charge in [0, 0.05) is 6.54 Å². The van der Waals surface area contributed by atoms with Crippen LogP contribution in [0.5, 0.6) is 0 Å². The minimum Gasteiger partial charge on any atom is -0.438 e. The predicted molar refractivity (Wildman–Crippen MR) is 54.5 cm³/mol. The van der Waals surface area contributed by atoms with Crippen molar-refractivity contribution >= 4 is 5.91 Å². The van der Waals surface area contributed by atoms with Crippen LogP contribution in [0.1, 0.15) is 36.0 Å². The first-order valence-electron chi connectivity index (χ1n) is 5.01. The number of rotatable bonds is 5. The summed E-state index contributed by atoms with van der Waals surface area (Å²) in [6, 6.07) is 0. The molecule has 0 aromatic carbocycles. The summed E-state index contributed by atoms with van der Waals surface area (Å²) in [5.41, 5.74) is 0.573. The number of nitrogens with zero attached hydrogens (tertiary/aromatic N) is 1. The van der Waals surface area contributed by atoms with Crippen LogP contribution in [0.4, 0.5) is 0 Å². The lowest BCUT2D eigenvalue weighted by Crippen LogP contribution is -2.27. The number of amides is 1. The molecule has 84 valence electrons. The highest BCUT2D eigenvalue weighted by atomic mass is 16.3. The normalized spacial score (nSPS) is 12.5. The van der Waals surface area contributed by atoms with Crippen molar-refractivity contribution < 1.29 is 14.3 Å². The minimum absolute atomic E-state index is 0.237. The van der Waals surface area contributed by atoms with Gasteiger partial charge >= 0.3 is 0 Å². The second-order valence-electron chi connectivity index (χ2n) is 3.37.